The lowest BCUT2D eigenvalue weighted by atomic mass is 9.86. The monoisotopic (exact) mass is 486 g/mol. The van der Waals surface area contributed by atoms with Crippen molar-refractivity contribution in [3.63, 3.8) is 0 Å². The van der Waals surface area contributed by atoms with Crippen LogP contribution in [0.25, 0.3) is 5.57 Å². The number of phenolic OH excluding ortho intramolecular Hbond substituents is 1. The SMILES string of the molecule is C[Si]1(C)C2=C(Cl)C(=O)C=CC2=C(c2ccc(C(=O)O)cc2C(=O)O)c2ccc(O)c(Cl)c21. The molecule has 0 radical (unpaired) electrons. The molecule has 1 heterocycles. The summed E-state index contributed by atoms with van der Waals surface area (Å²) in [6.07, 6.45) is 2.93. The molecular weight excluding hydrogens is 471 g/mol. The van der Waals surface area contributed by atoms with Gasteiger partial charge < -0.3 is 15.3 Å². The number of aromatic hydroxyl groups is 1. The zero-order valence-corrected chi connectivity index (χ0v) is 19.4. The second-order valence-electron chi connectivity index (χ2n) is 7.99. The fourth-order valence-corrected chi connectivity index (χ4v) is 9.50. The second kappa shape index (κ2) is 7.48. The van der Waals surface area contributed by atoms with Crippen LogP contribution in [-0.2, 0) is 4.79 Å². The van der Waals surface area contributed by atoms with Crippen LogP contribution < -0.4 is 5.19 Å². The Kier molecular flexibility index (Phi) is 5.16. The van der Waals surface area contributed by atoms with Crippen LogP contribution in [0.15, 0.2) is 58.3 Å². The molecule has 9 heteroatoms. The van der Waals surface area contributed by atoms with Gasteiger partial charge in [-0.05, 0) is 56.9 Å². The third-order valence-corrected chi connectivity index (χ3v) is 10.4. The van der Waals surface area contributed by atoms with E-state index < -0.39 is 20.0 Å². The van der Waals surface area contributed by atoms with Gasteiger partial charge in [-0.2, -0.15) is 0 Å². The molecule has 0 bridgehead atoms. The molecule has 1 aliphatic heterocycles. The minimum atomic E-state index is -2.72. The molecule has 0 atom stereocenters. The highest BCUT2D eigenvalue weighted by atomic mass is 35.5. The Labute approximate surface area is 193 Å². The molecule has 3 N–H and O–H groups in total. The molecule has 2 aromatic carbocycles. The van der Waals surface area contributed by atoms with E-state index in [1.807, 2.05) is 13.1 Å². The van der Waals surface area contributed by atoms with Crippen molar-refractivity contribution in [1.29, 1.82) is 0 Å². The van der Waals surface area contributed by atoms with E-state index in [0.29, 0.717) is 27.1 Å². The highest BCUT2D eigenvalue weighted by Gasteiger charge is 2.44. The number of carboxylic acids is 2. The maximum absolute atomic E-state index is 12.4. The van der Waals surface area contributed by atoms with Crippen molar-refractivity contribution in [2.45, 2.75) is 13.1 Å². The van der Waals surface area contributed by atoms with Gasteiger partial charge in [0.2, 0.25) is 0 Å². The van der Waals surface area contributed by atoms with E-state index in [-0.39, 0.29) is 38.3 Å². The number of hydrogen-bond acceptors (Lipinski definition) is 4. The van der Waals surface area contributed by atoms with Crippen LogP contribution in [0.4, 0.5) is 0 Å². The Morgan fingerprint density at radius 3 is 2.22 bits per heavy atom. The molecule has 0 fully saturated rings. The number of rotatable bonds is 3. The molecule has 0 spiro atoms. The van der Waals surface area contributed by atoms with Gasteiger partial charge in [0.15, 0.2) is 5.78 Å². The number of hydrogen-bond donors (Lipinski definition) is 3. The number of allylic oxidation sites excluding steroid dienone is 5. The van der Waals surface area contributed by atoms with Crippen molar-refractivity contribution in [1.82, 2.24) is 0 Å². The van der Waals surface area contributed by atoms with Gasteiger partial charge in [0.05, 0.1) is 21.2 Å². The van der Waals surface area contributed by atoms with Gasteiger partial charge in [-0.1, -0.05) is 54.5 Å². The van der Waals surface area contributed by atoms with Gasteiger partial charge in [-0.25, -0.2) is 9.59 Å². The molecule has 0 saturated carbocycles. The number of halogens is 2. The summed E-state index contributed by atoms with van der Waals surface area (Å²) in [6.45, 7) is 3.90. The Morgan fingerprint density at radius 1 is 0.938 bits per heavy atom. The van der Waals surface area contributed by atoms with Crippen LogP contribution in [-0.4, -0.2) is 41.1 Å². The summed E-state index contributed by atoms with van der Waals surface area (Å²) in [5.74, 6) is -3.07. The van der Waals surface area contributed by atoms with Crippen molar-refractivity contribution in [2.24, 2.45) is 0 Å². The molecule has 162 valence electrons. The number of aromatic carboxylic acids is 2. The Balaban J connectivity index is 2.20. The van der Waals surface area contributed by atoms with Crippen molar-refractivity contribution in [3.8, 4) is 5.75 Å². The first-order chi connectivity index (χ1) is 15.0. The number of fused-ring (bicyclic) bond motifs is 2. The van der Waals surface area contributed by atoms with Crippen molar-refractivity contribution >= 4 is 59.8 Å². The van der Waals surface area contributed by atoms with E-state index in [1.165, 1.54) is 24.3 Å². The summed E-state index contributed by atoms with van der Waals surface area (Å²) in [5, 5.41) is 30.8. The zero-order chi connectivity index (χ0) is 23.5. The number of benzene rings is 2. The topological polar surface area (TPSA) is 112 Å². The molecule has 2 aliphatic rings. The Hall–Kier alpha value is -3.13. The van der Waals surface area contributed by atoms with Gasteiger partial charge in [0.25, 0.3) is 0 Å². The van der Waals surface area contributed by atoms with Gasteiger partial charge in [-0.3, -0.25) is 4.79 Å². The first kappa shape index (κ1) is 22.1. The highest BCUT2D eigenvalue weighted by Crippen LogP contribution is 2.46. The minimum absolute atomic E-state index is 0.0285. The average Bonchev–Trinajstić information content (AvgIpc) is 2.72. The third kappa shape index (κ3) is 3.12. The standard InChI is InChI=1S/C23H16Cl2O6Si/c1-32(2)20-12(5-7-15(26)18(20)24)17(13-6-8-16(27)19(25)21(13)32)11-4-3-10(22(28)29)9-14(11)23(30)31/h3-9,26H,1-2H3,(H,28,29)(H,30,31). The number of ketones is 1. The molecule has 32 heavy (non-hydrogen) atoms. The molecule has 0 amide bonds. The summed E-state index contributed by atoms with van der Waals surface area (Å²) in [7, 11) is -2.72. The van der Waals surface area contributed by atoms with Gasteiger partial charge in [-0.15, -0.1) is 0 Å². The molecule has 6 nitrogen and oxygen atoms in total. The van der Waals surface area contributed by atoms with Crippen LogP contribution in [0.5, 0.6) is 5.75 Å². The largest absolute Gasteiger partial charge is 0.506 e. The molecule has 1 aliphatic carbocycles. The lowest BCUT2D eigenvalue weighted by Gasteiger charge is -2.39. The van der Waals surface area contributed by atoms with Crippen LogP contribution in [0.3, 0.4) is 0 Å². The van der Waals surface area contributed by atoms with Gasteiger partial charge in [0.1, 0.15) is 13.8 Å². The molecule has 4 rings (SSSR count). The summed E-state index contributed by atoms with van der Waals surface area (Å²) in [5.41, 5.74) is 1.52. The normalized spacial score (nSPS) is 16.7. The smallest absolute Gasteiger partial charge is 0.336 e. The number of carbonyl (C=O) groups is 3. The molecule has 0 unspecified atom stereocenters. The summed E-state index contributed by atoms with van der Waals surface area (Å²) < 4.78 is 0. The quantitative estimate of drug-likeness (QED) is 0.556. The fourth-order valence-electron chi connectivity index (χ4n) is 4.39. The Morgan fingerprint density at radius 2 is 1.59 bits per heavy atom. The van der Waals surface area contributed by atoms with Crippen LogP contribution in [0.1, 0.15) is 31.8 Å². The van der Waals surface area contributed by atoms with Gasteiger partial charge >= 0.3 is 11.9 Å². The highest BCUT2D eigenvalue weighted by molar-refractivity contribution is 6.99. The number of carboxylic acid groups (broad SMARTS) is 2. The third-order valence-electron chi connectivity index (χ3n) is 5.78. The predicted octanol–water partition coefficient (Wildman–Crippen LogP) is 4.34. The molecular formula is C23H16Cl2O6Si. The lowest BCUT2D eigenvalue weighted by Crippen LogP contribution is -2.50. The summed E-state index contributed by atoms with van der Waals surface area (Å²) in [6, 6.07) is 6.91. The average molecular weight is 487 g/mol. The number of carbonyl (C=O) groups excluding carboxylic acids is 1. The Bertz CT molecular complexity index is 1350. The molecule has 0 saturated heterocycles. The van der Waals surface area contributed by atoms with Crippen molar-refractivity contribution in [3.05, 3.63) is 85.6 Å². The van der Waals surface area contributed by atoms with Crippen molar-refractivity contribution < 1.29 is 29.7 Å². The van der Waals surface area contributed by atoms with Crippen LogP contribution in [0.2, 0.25) is 18.1 Å². The maximum Gasteiger partial charge on any atom is 0.336 e. The van der Waals surface area contributed by atoms with E-state index in [1.54, 1.807) is 12.1 Å². The van der Waals surface area contributed by atoms with E-state index in [4.69, 9.17) is 23.2 Å². The van der Waals surface area contributed by atoms with Crippen molar-refractivity contribution in [2.75, 3.05) is 0 Å². The number of phenols is 1. The van der Waals surface area contributed by atoms with E-state index in [2.05, 4.69) is 0 Å². The van der Waals surface area contributed by atoms with Crippen LogP contribution in [0, 0.1) is 0 Å². The predicted molar refractivity (Wildman–Crippen MR) is 124 cm³/mol. The summed E-state index contributed by atoms with van der Waals surface area (Å²) >= 11 is 13.0. The van der Waals surface area contributed by atoms with E-state index in [0.717, 1.165) is 6.07 Å². The first-order valence-corrected chi connectivity index (χ1v) is 13.2. The molecule has 0 aromatic heterocycles. The molecule has 2 aromatic rings. The van der Waals surface area contributed by atoms with E-state index in [9.17, 15) is 29.7 Å². The second-order valence-corrected chi connectivity index (χ2v) is 13.0. The zero-order valence-electron chi connectivity index (χ0n) is 16.9. The first-order valence-electron chi connectivity index (χ1n) is 9.47. The van der Waals surface area contributed by atoms with Crippen LogP contribution >= 0.6 is 23.2 Å². The van der Waals surface area contributed by atoms with E-state index >= 15 is 0 Å². The lowest BCUT2D eigenvalue weighted by molar-refractivity contribution is -0.110. The maximum atomic E-state index is 12.4. The minimum Gasteiger partial charge on any atom is -0.506 e. The fraction of sp³-hybridized carbons (Fsp3) is 0.0870. The summed E-state index contributed by atoms with van der Waals surface area (Å²) in [4.78, 5) is 35.9. The van der Waals surface area contributed by atoms with Gasteiger partial charge in [0, 0.05) is 0 Å².